The van der Waals surface area contributed by atoms with Gasteiger partial charge in [0.05, 0.1) is 27.9 Å². The lowest BCUT2D eigenvalue weighted by Gasteiger charge is -2.09. The van der Waals surface area contributed by atoms with Crippen LogP contribution in [0.1, 0.15) is 15.9 Å². The first-order valence-corrected chi connectivity index (χ1v) is 13.4. The minimum atomic E-state index is -4.47. The van der Waals surface area contributed by atoms with Crippen LogP contribution >= 0.6 is 23.1 Å². The largest absolute Gasteiger partial charge is 0.416 e. The zero-order valence-electron chi connectivity index (χ0n) is 18.1. The summed E-state index contributed by atoms with van der Waals surface area (Å²) in [4.78, 5) is 24.6. The number of hydrogen-bond acceptors (Lipinski definition) is 9. The van der Waals surface area contributed by atoms with Crippen LogP contribution in [0.15, 0.2) is 82.6 Å². The molecule has 0 aliphatic heterocycles. The maximum absolute atomic E-state index is 12.7. The number of ketones is 1. The Balaban J connectivity index is 1.36. The quantitative estimate of drug-likeness (QED) is 0.160. The number of halogens is 3. The predicted molar refractivity (Wildman–Crippen MR) is 131 cm³/mol. The molecule has 0 saturated carbocycles. The highest BCUT2D eigenvalue weighted by molar-refractivity contribution is 7.99. The first-order chi connectivity index (χ1) is 17.1. The van der Waals surface area contributed by atoms with Crippen molar-refractivity contribution in [1.82, 2.24) is 15.0 Å². The summed E-state index contributed by atoms with van der Waals surface area (Å²) < 4.78 is 65.4. The number of hydrogen-bond donors (Lipinski definition) is 2. The van der Waals surface area contributed by atoms with Gasteiger partial charge in [0.1, 0.15) is 10.8 Å². The number of rotatable bonds is 9. The molecule has 0 fully saturated rings. The molecule has 14 heteroatoms. The van der Waals surface area contributed by atoms with Crippen LogP contribution in [0.4, 0.5) is 29.7 Å². The summed E-state index contributed by atoms with van der Waals surface area (Å²) in [5.41, 5.74) is 1.42. The lowest BCUT2D eigenvalue weighted by molar-refractivity contribution is -0.137. The fourth-order valence-electron chi connectivity index (χ4n) is 2.86. The third-order valence-electron chi connectivity index (χ3n) is 4.60. The molecule has 2 N–H and O–H groups in total. The minimum Gasteiger partial charge on any atom is -0.340 e. The SMILES string of the molecule is O=C(CSc1nccc(Nc2ccc(S(=O)(=O)Nc3cncs3)cc2)n1)c1ccc(C(F)(F)F)cc1. The van der Waals surface area contributed by atoms with Crippen LogP contribution < -0.4 is 10.0 Å². The highest BCUT2D eigenvalue weighted by Gasteiger charge is 2.30. The zero-order valence-corrected chi connectivity index (χ0v) is 20.5. The number of aromatic nitrogens is 3. The smallest absolute Gasteiger partial charge is 0.340 e. The molecule has 0 saturated heterocycles. The Hall–Kier alpha value is -3.49. The van der Waals surface area contributed by atoms with E-state index < -0.39 is 21.8 Å². The number of thioether (sulfide) groups is 1. The summed E-state index contributed by atoms with van der Waals surface area (Å²) >= 11 is 2.20. The molecule has 0 unspecified atom stereocenters. The van der Waals surface area contributed by atoms with E-state index in [2.05, 4.69) is 25.0 Å². The van der Waals surface area contributed by atoms with Crippen molar-refractivity contribution in [3.8, 4) is 0 Å². The van der Waals surface area contributed by atoms with Crippen molar-refractivity contribution in [2.45, 2.75) is 16.2 Å². The molecule has 186 valence electrons. The fourth-order valence-corrected chi connectivity index (χ4v) is 5.39. The van der Waals surface area contributed by atoms with Crippen LogP contribution in [0.25, 0.3) is 0 Å². The lowest BCUT2D eigenvalue weighted by atomic mass is 10.1. The highest BCUT2D eigenvalue weighted by atomic mass is 32.2. The summed E-state index contributed by atoms with van der Waals surface area (Å²) in [5, 5.41) is 3.72. The molecule has 0 radical (unpaired) electrons. The van der Waals surface area contributed by atoms with Crippen molar-refractivity contribution in [2.24, 2.45) is 0 Å². The molecule has 0 atom stereocenters. The maximum Gasteiger partial charge on any atom is 0.416 e. The van der Waals surface area contributed by atoms with E-state index in [1.807, 2.05) is 0 Å². The van der Waals surface area contributed by atoms with E-state index in [-0.39, 0.29) is 27.2 Å². The van der Waals surface area contributed by atoms with Crippen LogP contribution in [-0.4, -0.2) is 34.9 Å². The predicted octanol–water partition coefficient (Wildman–Crippen LogP) is 5.47. The molecule has 8 nitrogen and oxygen atoms in total. The van der Waals surface area contributed by atoms with Gasteiger partial charge in [0.15, 0.2) is 10.9 Å². The van der Waals surface area contributed by atoms with E-state index >= 15 is 0 Å². The molecule has 2 aromatic carbocycles. The zero-order chi connectivity index (χ0) is 25.8. The Bertz CT molecular complexity index is 1450. The summed E-state index contributed by atoms with van der Waals surface area (Å²) in [7, 11) is -3.75. The van der Waals surface area contributed by atoms with Crippen molar-refractivity contribution in [2.75, 3.05) is 15.8 Å². The lowest BCUT2D eigenvalue weighted by Crippen LogP contribution is -2.12. The highest BCUT2D eigenvalue weighted by Crippen LogP contribution is 2.29. The third kappa shape index (κ3) is 6.59. The monoisotopic (exact) mass is 551 g/mol. The molecule has 0 bridgehead atoms. The number of benzene rings is 2. The number of carbonyl (C=O) groups excluding carboxylic acids is 1. The van der Waals surface area contributed by atoms with E-state index in [9.17, 15) is 26.4 Å². The van der Waals surface area contributed by atoms with Crippen LogP contribution in [-0.2, 0) is 16.2 Å². The molecule has 4 rings (SSSR count). The molecule has 4 aromatic rings. The second-order valence-electron chi connectivity index (χ2n) is 7.13. The van der Waals surface area contributed by atoms with Gasteiger partial charge < -0.3 is 5.32 Å². The normalized spacial score (nSPS) is 11.8. The van der Waals surface area contributed by atoms with Gasteiger partial charge in [0.2, 0.25) is 0 Å². The number of anilines is 3. The molecule has 2 heterocycles. The van der Waals surface area contributed by atoms with Crippen LogP contribution in [0.5, 0.6) is 0 Å². The van der Waals surface area contributed by atoms with E-state index in [1.54, 1.807) is 18.2 Å². The summed E-state index contributed by atoms with van der Waals surface area (Å²) in [6.07, 6.45) is -1.57. The van der Waals surface area contributed by atoms with Crippen LogP contribution in [0, 0.1) is 0 Å². The fraction of sp³-hybridized carbons (Fsp3) is 0.0909. The number of thiazole rings is 1. The Kier molecular flexibility index (Phi) is 7.56. The first-order valence-electron chi connectivity index (χ1n) is 10.0. The molecule has 0 spiro atoms. The number of alkyl halides is 3. The van der Waals surface area contributed by atoms with Gasteiger partial charge in [-0.15, -0.1) is 11.3 Å². The minimum absolute atomic E-state index is 0.0614. The van der Waals surface area contributed by atoms with Crippen molar-refractivity contribution < 1.29 is 26.4 Å². The number of carbonyl (C=O) groups is 1. The van der Waals surface area contributed by atoms with E-state index in [4.69, 9.17) is 0 Å². The van der Waals surface area contributed by atoms with Gasteiger partial charge in [0.25, 0.3) is 10.0 Å². The summed E-state index contributed by atoms with van der Waals surface area (Å²) in [5.74, 6) is -0.0130. The molecule has 36 heavy (non-hydrogen) atoms. The maximum atomic E-state index is 12.7. The molecular weight excluding hydrogens is 535 g/mol. The number of Topliss-reactive ketones (excluding diaryl/α,β-unsaturated/α-hetero) is 1. The Morgan fingerprint density at radius 2 is 1.75 bits per heavy atom. The Morgan fingerprint density at radius 3 is 2.39 bits per heavy atom. The number of nitrogens with zero attached hydrogens (tertiary/aromatic N) is 3. The van der Waals surface area contributed by atoms with Crippen LogP contribution in [0.3, 0.4) is 0 Å². The third-order valence-corrected chi connectivity index (χ3v) is 7.66. The second-order valence-corrected chi connectivity index (χ2v) is 10.6. The van der Waals surface area contributed by atoms with Crippen molar-refractivity contribution >= 4 is 55.4 Å². The molecule has 2 aromatic heterocycles. The van der Waals surface area contributed by atoms with Gasteiger partial charge >= 0.3 is 6.18 Å². The van der Waals surface area contributed by atoms with Gasteiger partial charge in [-0.3, -0.25) is 14.5 Å². The molecule has 0 aliphatic carbocycles. The standard InChI is InChI=1S/C22H16F3N5O3S3/c23-22(24,25)15-3-1-14(2-4-15)18(31)12-34-21-27-10-9-19(29-21)28-16-5-7-17(8-6-16)36(32,33)30-20-11-26-13-35-20/h1-11,13,30H,12H2,(H,27,28,29). The van der Waals surface area contributed by atoms with Gasteiger partial charge in [-0.05, 0) is 42.5 Å². The molecule has 0 amide bonds. The van der Waals surface area contributed by atoms with E-state index in [0.717, 1.165) is 47.4 Å². The summed E-state index contributed by atoms with van der Waals surface area (Å²) in [6, 6.07) is 11.6. The van der Waals surface area contributed by atoms with E-state index in [0.29, 0.717) is 16.5 Å². The topological polar surface area (TPSA) is 114 Å². The number of nitrogens with one attached hydrogen (secondary N) is 2. The van der Waals surface area contributed by atoms with Crippen molar-refractivity contribution in [3.63, 3.8) is 0 Å². The van der Waals surface area contributed by atoms with Gasteiger partial charge in [-0.2, -0.15) is 13.2 Å². The second kappa shape index (κ2) is 10.6. The first kappa shape index (κ1) is 25.6. The van der Waals surface area contributed by atoms with Crippen LogP contribution in [0.2, 0.25) is 0 Å². The Labute approximate surface area is 212 Å². The Morgan fingerprint density at radius 1 is 1.03 bits per heavy atom. The molecular formula is C22H16F3N5O3S3. The molecule has 0 aliphatic rings. The van der Waals surface area contributed by atoms with Gasteiger partial charge in [-0.1, -0.05) is 23.9 Å². The van der Waals surface area contributed by atoms with Gasteiger partial charge in [-0.25, -0.2) is 18.4 Å². The average Bonchev–Trinajstić information content (AvgIpc) is 3.35. The van der Waals surface area contributed by atoms with Gasteiger partial charge in [0, 0.05) is 17.4 Å². The summed E-state index contributed by atoms with van der Waals surface area (Å²) in [6.45, 7) is 0. The van der Waals surface area contributed by atoms with Crippen molar-refractivity contribution in [1.29, 1.82) is 0 Å². The van der Waals surface area contributed by atoms with E-state index in [1.165, 1.54) is 30.0 Å². The number of sulfonamides is 1. The van der Waals surface area contributed by atoms with Crippen molar-refractivity contribution in [3.05, 3.63) is 83.6 Å². The average molecular weight is 552 g/mol.